The summed E-state index contributed by atoms with van der Waals surface area (Å²) in [6, 6.07) is 3.75. The first kappa shape index (κ1) is 12.4. The average molecular weight is 234 g/mol. The Hall–Kier alpha value is -0.670. The highest BCUT2D eigenvalue weighted by Crippen LogP contribution is 2.16. The summed E-state index contributed by atoms with van der Waals surface area (Å²) in [5.41, 5.74) is 0.760. The molecule has 0 aliphatic carbocycles. The summed E-state index contributed by atoms with van der Waals surface area (Å²) in [6.45, 7) is 1.97. The Morgan fingerprint density at radius 1 is 1.20 bits per heavy atom. The second-order valence-electron chi connectivity index (χ2n) is 3.84. The van der Waals surface area contributed by atoms with Crippen molar-refractivity contribution in [3.05, 3.63) is 35.4 Å². The topological polar surface area (TPSA) is 12.0 Å². The number of rotatable bonds is 2. The minimum absolute atomic E-state index is 0. The summed E-state index contributed by atoms with van der Waals surface area (Å²) in [5, 5.41) is 3.23. The number of benzene rings is 1. The Bertz CT molecular complexity index is 304. The minimum Gasteiger partial charge on any atom is -0.316 e. The van der Waals surface area contributed by atoms with E-state index in [2.05, 4.69) is 5.32 Å². The molecule has 0 bridgehead atoms. The second kappa shape index (κ2) is 5.42. The van der Waals surface area contributed by atoms with Gasteiger partial charge in [0.2, 0.25) is 0 Å². The summed E-state index contributed by atoms with van der Waals surface area (Å²) >= 11 is 0. The maximum atomic E-state index is 12.8. The molecule has 1 fully saturated rings. The van der Waals surface area contributed by atoms with E-state index in [-0.39, 0.29) is 12.4 Å². The van der Waals surface area contributed by atoms with Gasteiger partial charge in [0.15, 0.2) is 0 Å². The van der Waals surface area contributed by atoms with Gasteiger partial charge >= 0.3 is 0 Å². The smallest absolute Gasteiger partial charge is 0.126 e. The van der Waals surface area contributed by atoms with Crippen molar-refractivity contribution in [3.8, 4) is 0 Å². The van der Waals surface area contributed by atoms with Gasteiger partial charge in [0.1, 0.15) is 11.6 Å². The summed E-state index contributed by atoms with van der Waals surface area (Å²) in [6.07, 6.45) is 1.86. The Kier molecular flexibility index (Phi) is 4.48. The molecule has 1 atom stereocenters. The van der Waals surface area contributed by atoms with Crippen molar-refractivity contribution in [1.82, 2.24) is 5.32 Å². The van der Waals surface area contributed by atoms with Gasteiger partial charge in [-0.25, -0.2) is 8.78 Å². The first-order chi connectivity index (χ1) is 6.74. The average Bonchev–Trinajstić information content (AvgIpc) is 2.54. The minimum atomic E-state index is -0.481. The van der Waals surface area contributed by atoms with E-state index in [1.165, 1.54) is 12.1 Å². The molecule has 2 rings (SSSR count). The van der Waals surface area contributed by atoms with Gasteiger partial charge in [-0.3, -0.25) is 0 Å². The lowest BCUT2D eigenvalue weighted by Crippen LogP contribution is -2.10. The lowest BCUT2D eigenvalue weighted by molar-refractivity contribution is 0.555. The first-order valence-electron chi connectivity index (χ1n) is 4.90. The molecule has 0 radical (unpaired) electrons. The quantitative estimate of drug-likeness (QED) is 0.828. The molecule has 84 valence electrons. The molecule has 1 aromatic carbocycles. The molecule has 1 heterocycles. The van der Waals surface area contributed by atoms with Gasteiger partial charge in [-0.05, 0) is 49.5 Å². The highest BCUT2D eigenvalue weighted by atomic mass is 35.5. The van der Waals surface area contributed by atoms with E-state index >= 15 is 0 Å². The Morgan fingerprint density at radius 2 is 1.87 bits per heavy atom. The molecule has 1 unspecified atom stereocenters. The van der Waals surface area contributed by atoms with Crippen LogP contribution >= 0.6 is 12.4 Å². The largest absolute Gasteiger partial charge is 0.316 e. The highest BCUT2D eigenvalue weighted by Gasteiger charge is 2.15. The third-order valence-corrected chi connectivity index (χ3v) is 2.61. The maximum Gasteiger partial charge on any atom is 0.126 e. The third kappa shape index (κ3) is 3.43. The molecule has 1 saturated heterocycles. The maximum absolute atomic E-state index is 12.8. The van der Waals surface area contributed by atoms with E-state index in [1.807, 2.05) is 0 Å². The fourth-order valence-electron chi connectivity index (χ4n) is 1.95. The second-order valence-corrected chi connectivity index (χ2v) is 3.84. The Balaban J connectivity index is 0.00000112. The van der Waals surface area contributed by atoms with Crippen molar-refractivity contribution in [3.63, 3.8) is 0 Å². The van der Waals surface area contributed by atoms with Crippen molar-refractivity contribution in [2.45, 2.75) is 12.8 Å². The molecular formula is C11H14ClF2N. The van der Waals surface area contributed by atoms with Gasteiger partial charge in [0.05, 0.1) is 0 Å². The van der Waals surface area contributed by atoms with Crippen LogP contribution in [-0.4, -0.2) is 13.1 Å². The Labute approximate surface area is 94.3 Å². The predicted molar refractivity (Wildman–Crippen MR) is 58.3 cm³/mol. The van der Waals surface area contributed by atoms with Crippen LogP contribution in [0.5, 0.6) is 0 Å². The molecule has 4 heteroatoms. The monoisotopic (exact) mass is 233 g/mol. The van der Waals surface area contributed by atoms with Crippen molar-refractivity contribution >= 4 is 12.4 Å². The van der Waals surface area contributed by atoms with E-state index in [4.69, 9.17) is 0 Å². The van der Waals surface area contributed by atoms with Gasteiger partial charge in [-0.2, -0.15) is 0 Å². The van der Waals surface area contributed by atoms with Crippen LogP contribution in [-0.2, 0) is 6.42 Å². The van der Waals surface area contributed by atoms with E-state index in [0.29, 0.717) is 5.92 Å². The van der Waals surface area contributed by atoms with Crippen molar-refractivity contribution < 1.29 is 8.78 Å². The van der Waals surface area contributed by atoms with Crippen LogP contribution in [0.3, 0.4) is 0 Å². The zero-order chi connectivity index (χ0) is 9.97. The molecule has 1 aromatic rings. The third-order valence-electron chi connectivity index (χ3n) is 2.61. The number of nitrogens with one attached hydrogen (secondary N) is 1. The van der Waals surface area contributed by atoms with E-state index in [1.54, 1.807) is 0 Å². The molecule has 0 aromatic heterocycles. The fraction of sp³-hybridized carbons (Fsp3) is 0.455. The molecule has 15 heavy (non-hydrogen) atoms. The van der Waals surface area contributed by atoms with E-state index < -0.39 is 11.6 Å². The molecule has 0 saturated carbocycles. The molecule has 1 N–H and O–H groups in total. The molecule has 0 amide bonds. The summed E-state index contributed by atoms with van der Waals surface area (Å²) in [4.78, 5) is 0. The van der Waals surface area contributed by atoms with Gasteiger partial charge < -0.3 is 5.32 Å². The van der Waals surface area contributed by atoms with E-state index in [9.17, 15) is 8.78 Å². The van der Waals surface area contributed by atoms with Crippen LogP contribution in [0, 0.1) is 17.6 Å². The van der Waals surface area contributed by atoms with Crippen LogP contribution in [0.15, 0.2) is 18.2 Å². The van der Waals surface area contributed by atoms with Crippen LogP contribution in [0.2, 0.25) is 0 Å². The van der Waals surface area contributed by atoms with Crippen molar-refractivity contribution in [2.75, 3.05) is 13.1 Å². The Morgan fingerprint density at radius 3 is 2.40 bits per heavy atom. The van der Waals surface area contributed by atoms with E-state index in [0.717, 1.165) is 37.6 Å². The molecule has 1 aliphatic rings. The fourth-order valence-corrected chi connectivity index (χ4v) is 1.95. The molecule has 1 nitrogen and oxygen atoms in total. The van der Waals surface area contributed by atoms with Crippen LogP contribution in [0.25, 0.3) is 0 Å². The van der Waals surface area contributed by atoms with Gasteiger partial charge in [0.25, 0.3) is 0 Å². The molecule has 0 spiro atoms. The number of hydrogen-bond donors (Lipinski definition) is 1. The molecule has 1 aliphatic heterocycles. The highest BCUT2D eigenvalue weighted by molar-refractivity contribution is 5.85. The van der Waals surface area contributed by atoms with Gasteiger partial charge in [0, 0.05) is 6.07 Å². The number of hydrogen-bond acceptors (Lipinski definition) is 1. The van der Waals surface area contributed by atoms with Crippen LogP contribution in [0.1, 0.15) is 12.0 Å². The SMILES string of the molecule is Cl.Fc1cc(F)cc(CC2CCNC2)c1. The predicted octanol–water partition coefficient (Wildman–Crippen LogP) is 2.54. The first-order valence-corrected chi connectivity index (χ1v) is 4.90. The summed E-state index contributed by atoms with van der Waals surface area (Å²) in [7, 11) is 0. The molecular weight excluding hydrogens is 220 g/mol. The van der Waals surface area contributed by atoms with Gasteiger partial charge in [-0.1, -0.05) is 0 Å². The summed E-state index contributed by atoms with van der Waals surface area (Å²) in [5.74, 6) is -0.437. The van der Waals surface area contributed by atoms with Crippen LogP contribution in [0.4, 0.5) is 8.78 Å². The van der Waals surface area contributed by atoms with Gasteiger partial charge in [-0.15, -0.1) is 12.4 Å². The summed E-state index contributed by atoms with van der Waals surface area (Å²) < 4.78 is 25.7. The zero-order valence-electron chi connectivity index (χ0n) is 8.30. The van der Waals surface area contributed by atoms with Crippen molar-refractivity contribution in [1.29, 1.82) is 0 Å². The lowest BCUT2D eigenvalue weighted by atomic mass is 9.99. The van der Waals surface area contributed by atoms with Crippen LogP contribution < -0.4 is 5.32 Å². The zero-order valence-corrected chi connectivity index (χ0v) is 9.12. The number of halogens is 3. The standard InChI is InChI=1S/C11H13F2N.ClH/c12-10-4-9(5-11(13)6-10)3-8-1-2-14-7-8;/h4-6,8,14H,1-3,7H2;1H. The van der Waals surface area contributed by atoms with Crippen molar-refractivity contribution in [2.24, 2.45) is 5.92 Å². The normalized spacial score (nSPS) is 20.0. The lowest BCUT2D eigenvalue weighted by Gasteiger charge is -2.08.